The zero-order valence-electron chi connectivity index (χ0n) is 15.0. The average Bonchev–Trinajstić information content (AvgIpc) is 3.19. The molecule has 0 radical (unpaired) electrons. The molecule has 0 bridgehead atoms. The number of amides is 2. The van der Waals surface area contributed by atoms with E-state index in [1.165, 1.54) is 6.08 Å². The molecule has 1 aromatic carbocycles. The quantitative estimate of drug-likeness (QED) is 0.789. The molecule has 2 aliphatic rings. The van der Waals surface area contributed by atoms with Gasteiger partial charge in [0.15, 0.2) is 0 Å². The molecular weight excluding hydrogens is 332 g/mol. The van der Waals surface area contributed by atoms with E-state index in [0.717, 1.165) is 31.4 Å². The zero-order chi connectivity index (χ0) is 18.4. The van der Waals surface area contributed by atoms with Gasteiger partial charge in [0.05, 0.1) is 18.8 Å². The number of hydrogen-bond acceptors (Lipinski definition) is 4. The summed E-state index contributed by atoms with van der Waals surface area (Å²) in [5.74, 6) is -0.159. The Balaban J connectivity index is 1.47. The Kier molecular flexibility index (Phi) is 6.41. The van der Waals surface area contributed by atoms with Crippen LogP contribution in [-0.4, -0.2) is 55.2 Å². The molecule has 1 N–H and O–H groups in total. The van der Waals surface area contributed by atoms with Gasteiger partial charge >= 0.3 is 0 Å². The molecule has 6 nitrogen and oxygen atoms in total. The number of carbonyl (C=O) groups is 2. The number of carbonyl (C=O) groups excluding carboxylic acids is 2. The molecule has 2 amide bonds. The van der Waals surface area contributed by atoms with E-state index in [2.05, 4.69) is 11.9 Å². The summed E-state index contributed by atoms with van der Waals surface area (Å²) in [5, 5.41) is 2.72. The highest BCUT2D eigenvalue weighted by atomic mass is 16.5. The van der Waals surface area contributed by atoms with Crippen molar-refractivity contribution in [2.75, 3.05) is 26.3 Å². The third-order valence-corrected chi connectivity index (χ3v) is 4.86. The van der Waals surface area contributed by atoms with Crippen LogP contribution < -0.4 is 5.32 Å². The molecule has 140 valence electrons. The smallest absolute Gasteiger partial charge is 0.253 e. The van der Waals surface area contributed by atoms with Gasteiger partial charge in [-0.2, -0.15) is 0 Å². The van der Waals surface area contributed by atoms with Gasteiger partial charge < -0.3 is 19.7 Å². The van der Waals surface area contributed by atoms with Gasteiger partial charge in [0.25, 0.3) is 5.91 Å². The van der Waals surface area contributed by atoms with Gasteiger partial charge in [-0.3, -0.25) is 9.59 Å². The standard InChI is InChI=1S/C20H26N2O4/c1-2-19(23)21-13-15-3-5-16(6-4-15)20(24)22-10-7-17(8-11-22)26-18-9-12-25-14-18/h2-6,17-18H,1,7-14H2,(H,21,23). The van der Waals surface area contributed by atoms with E-state index in [0.29, 0.717) is 31.8 Å². The van der Waals surface area contributed by atoms with Gasteiger partial charge in [-0.1, -0.05) is 18.7 Å². The van der Waals surface area contributed by atoms with Crippen LogP contribution in [0, 0.1) is 0 Å². The minimum atomic E-state index is -0.209. The van der Waals surface area contributed by atoms with Crippen LogP contribution >= 0.6 is 0 Å². The first-order valence-electron chi connectivity index (χ1n) is 9.17. The van der Waals surface area contributed by atoms with Gasteiger partial charge in [0.1, 0.15) is 0 Å². The number of hydrogen-bond donors (Lipinski definition) is 1. The zero-order valence-corrected chi connectivity index (χ0v) is 15.0. The van der Waals surface area contributed by atoms with E-state index < -0.39 is 0 Å². The van der Waals surface area contributed by atoms with Crippen molar-refractivity contribution in [2.24, 2.45) is 0 Å². The second-order valence-corrected chi connectivity index (χ2v) is 6.73. The predicted molar refractivity (Wildman–Crippen MR) is 97.7 cm³/mol. The lowest BCUT2D eigenvalue weighted by atomic mass is 10.0. The normalized spacial score (nSPS) is 20.8. The molecule has 26 heavy (non-hydrogen) atoms. The van der Waals surface area contributed by atoms with Crippen LogP contribution in [0.15, 0.2) is 36.9 Å². The minimum Gasteiger partial charge on any atom is -0.379 e. The van der Waals surface area contributed by atoms with Gasteiger partial charge in [-0.15, -0.1) is 0 Å². The summed E-state index contributed by atoms with van der Waals surface area (Å²) in [6, 6.07) is 7.37. The summed E-state index contributed by atoms with van der Waals surface area (Å²) in [5.41, 5.74) is 1.62. The highest BCUT2D eigenvalue weighted by Gasteiger charge is 2.27. The van der Waals surface area contributed by atoms with Crippen LogP contribution in [-0.2, 0) is 20.8 Å². The van der Waals surface area contributed by atoms with Crippen molar-refractivity contribution in [3.05, 3.63) is 48.0 Å². The van der Waals surface area contributed by atoms with Crippen LogP contribution in [0.25, 0.3) is 0 Å². The Morgan fingerprint density at radius 2 is 1.92 bits per heavy atom. The molecule has 0 aromatic heterocycles. The second-order valence-electron chi connectivity index (χ2n) is 6.73. The Bertz CT molecular complexity index is 630. The number of likely N-dealkylation sites (tertiary alicyclic amines) is 1. The highest BCUT2D eigenvalue weighted by molar-refractivity contribution is 5.94. The molecule has 1 unspecified atom stereocenters. The number of nitrogens with zero attached hydrogens (tertiary/aromatic N) is 1. The fraction of sp³-hybridized carbons (Fsp3) is 0.500. The monoisotopic (exact) mass is 358 g/mol. The lowest BCUT2D eigenvalue weighted by Crippen LogP contribution is -2.41. The third kappa shape index (κ3) is 4.93. The van der Waals surface area contributed by atoms with E-state index in [1.807, 2.05) is 29.2 Å². The summed E-state index contributed by atoms with van der Waals surface area (Å²) in [6.45, 7) is 6.76. The Morgan fingerprint density at radius 1 is 1.19 bits per heavy atom. The number of nitrogens with one attached hydrogen (secondary N) is 1. The molecule has 1 aromatic rings. The first-order valence-corrected chi connectivity index (χ1v) is 9.17. The number of rotatable bonds is 6. The molecule has 0 saturated carbocycles. The number of piperidine rings is 1. The van der Waals surface area contributed by atoms with Crippen LogP contribution in [0.1, 0.15) is 35.2 Å². The molecule has 2 fully saturated rings. The summed E-state index contributed by atoms with van der Waals surface area (Å²) < 4.78 is 11.4. The first-order chi connectivity index (χ1) is 12.7. The maximum Gasteiger partial charge on any atom is 0.253 e. The van der Waals surface area contributed by atoms with Crippen molar-refractivity contribution < 1.29 is 19.1 Å². The summed E-state index contributed by atoms with van der Waals surface area (Å²) in [6.07, 6.45) is 4.39. The molecule has 2 aliphatic heterocycles. The molecule has 0 aliphatic carbocycles. The van der Waals surface area contributed by atoms with Crippen molar-refractivity contribution in [2.45, 2.75) is 38.0 Å². The Morgan fingerprint density at radius 3 is 2.54 bits per heavy atom. The van der Waals surface area contributed by atoms with Gasteiger partial charge in [-0.25, -0.2) is 0 Å². The van der Waals surface area contributed by atoms with Crippen LogP contribution in [0.2, 0.25) is 0 Å². The topological polar surface area (TPSA) is 67.9 Å². The maximum absolute atomic E-state index is 12.7. The van der Waals surface area contributed by atoms with E-state index in [1.54, 1.807) is 0 Å². The highest BCUT2D eigenvalue weighted by Crippen LogP contribution is 2.20. The SMILES string of the molecule is C=CC(=O)NCc1ccc(C(=O)N2CCC(OC3CCOC3)CC2)cc1. The molecule has 2 heterocycles. The summed E-state index contributed by atoms with van der Waals surface area (Å²) in [4.78, 5) is 25.7. The second kappa shape index (κ2) is 8.96. The van der Waals surface area contributed by atoms with E-state index in [9.17, 15) is 9.59 Å². The number of benzene rings is 1. The Hall–Kier alpha value is -2.18. The fourth-order valence-corrected chi connectivity index (χ4v) is 3.30. The van der Waals surface area contributed by atoms with Gasteiger partial charge in [0, 0.05) is 31.8 Å². The molecule has 1 atom stereocenters. The average molecular weight is 358 g/mol. The molecule has 3 rings (SSSR count). The molecular formula is C20H26N2O4. The van der Waals surface area contributed by atoms with E-state index >= 15 is 0 Å². The van der Waals surface area contributed by atoms with E-state index in [4.69, 9.17) is 9.47 Å². The van der Waals surface area contributed by atoms with Gasteiger partial charge in [0.2, 0.25) is 5.91 Å². The summed E-state index contributed by atoms with van der Waals surface area (Å²) >= 11 is 0. The fourth-order valence-electron chi connectivity index (χ4n) is 3.30. The first kappa shape index (κ1) is 18.6. The molecule has 2 saturated heterocycles. The number of ether oxygens (including phenoxy) is 2. The van der Waals surface area contributed by atoms with Crippen molar-refractivity contribution >= 4 is 11.8 Å². The van der Waals surface area contributed by atoms with Crippen molar-refractivity contribution in [3.8, 4) is 0 Å². The van der Waals surface area contributed by atoms with Gasteiger partial charge in [-0.05, 0) is 43.0 Å². The summed E-state index contributed by atoms with van der Waals surface area (Å²) in [7, 11) is 0. The lowest BCUT2D eigenvalue weighted by Gasteiger charge is -2.33. The minimum absolute atomic E-state index is 0.0503. The third-order valence-electron chi connectivity index (χ3n) is 4.86. The lowest BCUT2D eigenvalue weighted by molar-refractivity contribution is -0.116. The molecule has 6 heteroatoms. The van der Waals surface area contributed by atoms with E-state index in [-0.39, 0.29) is 24.0 Å². The predicted octanol–water partition coefficient (Wildman–Crippen LogP) is 1.90. The van der Waals surface area contributed by atoms with Crippen LogP contribution in [0.3, 0.4) is 0 Å². The van der Waals surface area contributed by atoms with Crippen molar-refractivity contribution in [3.63, 3.8) is 0 Å². The Labute approximate surface area is 154 Å². The van der Waals surface area contributed by atoms with Crippen LogP contribution in [0.5, 0.6) is 0 Å². The molecule has 0 spiro atoms. The van der Waals surface area contributed by atoms with Crippen LogP contribution in [0.4, 0.5) is 0 Å². The van der Waals surface area contributed by atoms with Crippen molar-refractivity contribution in [1.82, 2.24) is 10.2 Å². The largest absolute Gasteiger partial charge is 0.379 e. The maximum atomic E-state index is 12.7. The van der Waals surface area contributed by atoms with Crippen molar-refractivity contribution in [1.29, 1.82) is 0 Å².